The zero-order valence-electron chi connectivity index (χ0n) is 14.2. The van der Waals surface area contributed by atoms with Gasteiger partial charge in [-0.3, -0.25) is 4.98 Å². The Bertz CT molecular complexity index is 889. The highest BCUT2D eigenvalue weighted by Gasteiger charge is 2.20. The van der Waals surface area contributed by atoms with Crippen molar-refractivity contribution in [3.63, 3.8) is 0 Å². The number of nitrogens with zero attached hydrogens (tertiary/aromatic N) is 1. The predicted octanol–water partition coefficient (Wildman–Crippen LogP) is 4.72. The summed E-state index contributed by atoms with van der Waals surface area (Å²) in [7, 11) is 0. The first-order valence-corrected chi connectivity index (χ1v) is 9.27. The third kappa shape index (κ3) is 4.28. The molecule has 3 aromatic rings. The summed E-state index contributed by atoms with van der Waals surface area (Å²) >= 11 is 8.03. The van der Waals surface area contributed by atoms with Crippen molar-refractivity contribution in [1.29, 1.82) is 0 Å². The summed E-state index contributed by atoms with van der Waals surface area (Å²) in [5.74, 6) is 0. The van der Waals surface area contributed by atoms with Gasteiger partial charge in [0.2, 0.25) is 0 Å². The molecule has 0 aliphatic rings. The Hall–Kier alpha value is -1.72. The monoisotopic (exact) mass is 373 g/mol. The number of halogens is 1. The van der Waals surface area contributed by atoms with E-state index in [-0.39, 0.29) is 6.61 Å². The first kappa shape index (κ1) is 18.1. The van der Waals surface area contributed by atoms with Gasteiger partial charge in [-0.25, -0.2) is 0 Å². The summed E-state index contributed by atoms with van der Waals surface area (Å²) in [4.78, 5) is 5.41. The zero-order chi connectivity index (χ0) is 18.0. The van der Waals surface area contributed by atoms with Crippen LogP contribution in [-0.4, -0.2) is 27.4 Å². The molecule has 2 N–H and O–H groups in total. The first-order valence-electron chi connectivity index (χ1n) is 8.01. The topological polar surface area (TPSA) is 53.4 Å². The lowest BCUT2D eigenvalue weighted by Crippen LogP contribution is -2.31. The maximum Gasteiger partial charge on any atom is 0.0904 e. The molecular weight excluding hydrogens is 354 g/mol. The molecule has 0 saturated carbocycles. The molecule has 0 aliphatic carbocycles. The number of aryl methyl sites for hydroxylation is 1. The summed E-state index contributed by atoms with van der Waals surface area (Å²) in [5.41, 5.74) is 3.87. The van der Waals surface area contributed by atoms with Crippen LogP contribution in [0.5, 0.6) is 0 Å². The van der Waals surface area contributed by atoms with Gasteiger partial charge in [0.1, 0.15) is 0 Å². The van der Waals surface area contributed by atoms with Crippen LogP contribution in [0.15, 0.2) is 48.0 Å². The maximum atomic E-state index is 10.0. The van der Waals surface area contributed by atoms with Gasteiger partial charge in [-0.05, 0) is 60.2 Å². The van der Waals surface area contributed by atoms with Crippen LogP contribution in [0.25, 0.3) is 21.6 Å². The minimum atomic E-state index is -1.17. The number of rotatable bonds is 5. The molecule has 0 radical (unpaired) electrons. The molecule has 0 bridgehead atoms. The molecule has 3 nitrogen and oxygen atoms in total. The fourth-order valence-electron chi connectivity index (χ4n) is 2.65. The summed E-state index contributed by atoms with van der Waals surface area (Å²) in [6.45, 7) is 3.33. The van der Waals surface area contributed by atoms with Crippen LogP contribution in [0.2, 0.25) is 5.02 Å². The molecule has 25 heavy (non-hydrogen) atoms. The Morgan fingerprint density at radius 3 is 2.68 bits per heavy atom. The van der Waals surface area contributed by atoms with E-state index in [1.807, 2.05) is 31.2 Å². The van der Waals surface area contributed by atoms with E-state index in [2.05, 4.69) is 22.5 Å². The number of thiophene rings is 1. The minimum absolute atomic E-state index is 0.298. The Morgan fingerprint density at radius 2 is 1.96 bits per heavy atom. The highest BCUT2D eigenvalue weighted by molar-refractivity contribution is 7.14. The molecule has 3 rings (SSSR count). The van der Waals surface area contributed by atoms with Gasteiger partial charge in [0.15, 0.2) is 0 Å². The van der Waals surface area contributed by atoms with Crippen molar-refractivity contribution in [3.05, 3.63) is 64.3 Å². The van der Waals surface area contributed by atoms with Crippen molar-refractivity contribution in [2.24, 2.45) is 0 Å². The Morgan fingerprint density at radius 1 is 1.16 bits per heavy atom. The van der Waals surface area contributed by atoms with Crippen LogP contribution in [0.1, 0.15) is 18.2 Å². The number of aliphatic hydroxyl groups is 2. The average Bonchev–Trinajstić information content (AvgIpc) is 3.04. The minimum Gasteiger partial charge on any atom is -0.393 e. The van der Waals surface area contributed by atoms with E-state index >= 15 is 0 Å². The molecule has 1 atom stereocenters. The van der Waals surface area contributed by atoms with Crippen molar-refractivity contribution in [1.82, 2.24) is 4.98 Å². The van der Waals surface area contributed by atoms with Crippen molar-refractivity contribution < 1.29 is 10.2 Å². The third-order valence-corrected chi connectivity index (χ3v) is 5.32. The predicted molar refractivity (Wildman–Crippen MR) is 104 cm³/mol. The number of aromatic nitrogens is 1. The average molecular weight is 374 g/mol. The molecule has 1 aromatic carbocycles. The number of hydrogen-bond donors (Lipinski definition) is 2. The Labute approximate surface area is 156 Å². The van der Waals surface area contributed by atoms with Gasteiger partial charge < -0.3 is 10.2 Å². The van der Waals surface area contributed by atoms with Gasteiger partial charge in [0.25, 0.3) is 0 Å². The van der Waals surface area contributed by atoms with Gasteiger partial charge in [0, 0.05) is 33.8 Å². The first-order chi connectivity index (χ1) is 11.9. The van der Waals surface area contributed by atoms with Gasteiger partial charge in [-0.1, -0.05) is 23.7 Å². The number of pyridine rings is 1. The fourth-order valence-corrected chi connectivity index (χ4v) is 4.00. The van der Waals surface area contributed by atoms with Gasteiger partial charge >= 0.3 is 0 Å². The Kier molecular flexibility index (Phi) is 5.25. The molecule has 0 amide bonds. The van der Waals surface area contributed by atoms with Crippen LogP contribution in [0.3, 0.4) is 0 Å². The fraction of sp³-hybridized carbons (Fsp3) is 0.250. The molecule has 0 aliphatic heterocycles. The normalized spacial score (nSPS) is 13.6. The number of benzene rings is 1. The number of aliphatic hydroxyl groups excluding tert-OH is 1. The summed E-state index contributed by atoms with van der Waals surface area (Å²) in [6, 6.07) is 12.1. The van der Waals surface area contributed by atoms with Crippen molar-refractivity contribution in [3.8, 4) is 21.6 Å². The lowest BCUT2D eigenvalue weighted by Gasteiger charge is -2.19. The van der Waals surface area contributed by atoms with Gasteiger partial charge in [-0.15, -0.1) is 11.3 Å². The molecule has 5 heteroatoms. The Balaban J connectivity index is 1.90. The summed E-state index contributed by atoms with van der Waals surface area (Å²) in [5, 5.41) is 22.1. The van der Waals surface area contributed by atoms with E-state index in [0.29, 0.717) is 6.42 Å². The third-order valence-electron chi connectivity index (χ3n) is 4.04. The maximum absolute atomic E-state index is 10.0. The standard InChI is InChI=1S/C20H20ClNO2S/c1-13-3-4-17(18(21)7-13)19-9-15(11-25-19)14-5-6-22-16(8-14)10-20(2,24)12-23/h3-9,11,23-24H,10,12H2,1-2H3. The largest absolute Gasteiger partial charge is 0.393 e. The molecular formula is C20H20ClNO2S. The van der Waals surface area contributed by atoms with Crippen LogP contribution in [-0.2, 0) is 6.42 Å². The molecule has 2 heterocycles. The smallest absolute Gasteiger partial charge is 0.0904 e. The van der Waals surface area contributed by atoms with Crippen LogP contribution in [0, 0.1) is 6.92 Å². The molecule has 0 fully saturated rings. The molecule has 0 saturated heterocycles. The quantitative estimate of drug-likeness (QED) is 0.680. The van der Waals surface area contributed by atoms with E-state index in [0.717, 1.165) is 37.8 Å². The van der Waals surface area contributed by atoms with E-state index in [1.54, 1.807) is 24.5 Å². The second-order valence-electron chi connectivity index (χ2n) is 6.55. The van der Waals surface area contributed by atoms with Crippen molar-refractivity contribution in [2.45, 2.75) is 25.9 Å². The highest BCUT2D eigenvalue weighted by Crippen LogP contribution is 2.36. The second-order valence-corrected chi connectivity index (χ2v) is 7.87. The summed E-state index contributed by atoms with van der Waals surface area (Å²) in [6.07, 6.45) is 2.03. The van der Waals surface area contributed by atoms with E-state index in [1.165, 1.54) is 0 Å². The number of hydrogen-bond acceptors (Lipinski definition) is 4. The van der Waals surface area contributed by atoms with Crippen LogP contribution < -0.4 is 0 Å². The van der Waals surface area contributed by atoms with Gasteiger partial charge in [-0.2, -0.15) is 0 Å². The van der Waals surface area contributed by atoms with Crippen LogP contribution >= 0.6 is 22.9 Å². The SMILES string of the molecule is Cc1ccc(-c2cc(-c3ccnc(CC(C)(O)CO)c3)cs2)c(Cl)c1. The highest BCUT2D eigenvalue weighted by atomic mass is 35.5. The lowest BCUT2D eigenvalue weighted by molar-refractivity contribution is 0.00160. The molecule has 1 unspecified atom stereocenters. The van der Waals surface area contributed by atoms with Crippen LogP contribution in [0.4, 0.5) is 0 Å². The van der Waals surface area contributed by atoms with Crippen molar-refractivity contribution >= 4 is 22.9 Å². The van der Waals surface area contributed by atoms with E-state index in [4.69, 9.17) is 11.6 Å². The summed E-state index contributed by atoms with van der Waals surface area (Å²) < 4.78 is 0. The zero-order valence-corrected chi connectivity index (χ0v) is 15.7. The molecule has 2 aromatic heterocycles. The van der Waals surface area contributed by atoms with Gasteiger partial charge in [0.05, 0.1) is 12.2 Å². The molecule has 130 valence electrons. The van der Waals surface area contributed by atoms with Crippen molar-refractivity contribution in [2.75, 3.05) is 6.61 Å². The van der Waals surface area contributed by atoms with E-state index < -0.39 is 5.60 Å². The lowest BCUT2D eigenvalue weighted by atomic mass is 9.99. The second kappa shape index (κ2) is 7.26. The van der Waals surface area contributed by atoms with E-state index in [9.17, 15) is 10.2 Å². The molecule has 0 spiro atoms.